The molecule has 2 aromatic rings. The van der Waals surface area contributed by atoms with Crippen LogP contribution in [0.5, 0.6) is 0 Å². The van der Waals surface area contributed by atoms with Crippen molar-refractivity contribution in [2.75, 3.05) is 23.8 Å². The quantitative estimate of drug-likeness (QED) is 0.407. The topological polar surface area (TPSA) is 138 Å². The van der Waals surface area contributed by atoms with Crippen molar-refractivity contribution >= 4 is 22.9 Å². The lowest BCUT2D eigenvalue weighted by molar-refractivity contribution is -0.0501. The maximum Gasteiger partial charge on any atom is 0.207 e. The average Bonchev–Trinajstić information content (AvgIpc) is 3.42. The summed E-state index contributed by atoms with van der Waals surface area (Å²) in [7, 11) is 0. The van der Waals surface area contributed by atoms with Crippen LogP contribution < -0.4 is 10.6 Å². The van der Waals surface area contributed by atoms with Gasteiger partial charge in [0.2, 0.25) is 5.95 Å². The smallest absolute Gasteiger partial charge is 0.207 e. The van der Waals surface area contributed by atoms with E-state index >= 15 is 0 Å². The van der Waals surface area contributed by atoms with E-state index in [-0.39, 0.29) is 12.6 Å². The molecule has 0 aromatic carbocycles. The number of ether oxygens (including phenoxy) is 1. The molecule has 0 radical (unpaired) electrons. The molecule has 1 saturated heterocycles. The summed E-state index contributed by atoms with van der Waals surface area (Å²) in [6, 6.07) is 0.284. The number of nitrogens with one attached hydrogen (secondary N) is 2. The zero-order valence-corrected chi connectivity index (χ0v) is 16.7. The van der Waals surface area contributed by atoms with E-state index in [9.17, 15) is 15.3 Å². The molecule has 1 saturated carbocycles. The van der Waals surface area contributed by atoms with Crippen molar-refractivity contribution in [3.63, 3.8) is 0 Å². The number of hydrogen-bond donors (Lipinski definition) is 5. The SMILES string of the molecule is CCCCNc1ncnc2c1nc(NC1CCCC1)n2[C@@H]1O[C@H](CO)[C@@H](O)[C@H]1O. The molecule has 1 aliphatic carbocycles. The Kier molecular flexibility index (Phi) is 6.14. The third-order valence-corrected chi connectivity index (χ3v) is 5.76. The number of rotatable bonds is 8. The number of imidazole rings is 1. The highest BCUT2D eigenvalue weighted by atomic mass is 16.6. The number of hydrogen-bond acceptors (Lipinski definition) is 9. The highest BCUT2D eigenvalue weighted by molar-refractivity contribution is 5.85. The van der Waals surface area contributed by atoms with Crippen LogP contribution in [0.3, 0.4) is 0 Å². The molecule has 0 spiro atoms. The average molecular weight is 406 g/mol. The number of fused-ring (bicyclic) bond motifs is 1. The zero-order chi connectivity index (χ0) is 20.4. The van der Waals surface area contributed by atoms with Crippen molar-refractivity contribution in [2.45, 2.75) is 76.0 Å². The van der Waals surface area contributed by atoms with Gasteiger partial charge in [-0.1, -0.05) is 26.2 Å². The van der Waals surface area contributed by atoms with E-state index in [2.05, 4.69) is 27.5 Å². The fourth-order valence-corrected chi connectivity index (χ4v) is 4.11. The van der Waals surface area contributed by atoms with Crippen molar-refractivity contribution in [3.8, 4) is 0 Å². The van der Waals surface area contributed by atoms with E-state index in [0.717, 1.165) is 45.1 Å². The Morgan fingerprint density at radius 1 is 1.21 bits per heavy atom. The lowest BCUT2D eigenvalue weighted by atomic mass is 10.1. The fraction of sp³-hybridized carbons (Fsp3) is 0.737. The first-order valence-electron chi connectivity index (χ1n) is 10.5. The largest absolute Gasteiger partial charge is 0.394 e. The van der Waals surface area contributed by atoms with Crippen LogP contribution in [-0.2, 0) is 4.74 Å². The van der Waals surface area contributed by atoms with E-state index in [1.807, 2.05) is 0 Å². The Hall–Kier alpha value is -2.01. The lowest BCUT2D eigenvalue weighted by Crippen LogP contribution is -2.33. The van der Waals surface area contributed by atoms with Crippen LogP contribution in [0, 0.1) is 0 Å². The summed E-state index contributed by atoms with van der Waals surface area (Å²) in [5.41, 5.74) is 1.09. The standard InChI is InChI=1S/C19H30N6O4/c1-2-3-8-20-16-13-17(22-10-21-16)25(18-15(28)14(27)12(9-26)29-18)19(24-13)23-11-6-4-5-7-11/h10-12,14-15,18,26-28H,2-9H2,1H3,(H,23,24)(H,20,21,22)/t12-,14-,15-,18-/m1/s1. The fourth-order valence-electron chi connectivity index (χ4n) is 4.11. The van der Waals surface area contributed by atoms with E-state index in [1.54, 1.807) is 4.57 Å². The van der Waals surface area contributed by atoms with Gasteiger partial charge >= 0.3 is 0 Å². The molecule has 3 heterocycles. The summed E-state index contributed by atoms with van der Waals surface area (Å²) in [4.78, 5) is 13.5. The molecule has 5 N–H and O–H groups in total. The lowest BCUT2D eigenvalue weighted by Gasteiger charge is -2.21. The van der Waals surface area contributed by atoms with Gasteiger partial charge < -0.3 is 30.7 Å². The molecule has 4 atom stereocenters. The Morgan fingerprint density at radius 3 is 2.69 bits per heavy atom. The van der Waals surface area contributed by atoms with Crippen LogP contribution in [0.15, 0.2) is 6.33 Å². The van der Waals surface area contributed by atoms with Crippen molar-refractivity contribution < 1.29 is 20.1 Å². The van der Waals surface area contributed by atoms with E-state index in [4.69, 9.17) is 9.72 Å². The highest BCUT2D eigenvalue weighted by Crippen LogP contribution is 2.36. The minimum absolute atomic E-state index is 0.284. The molecule has 2 aliphatic rings. The van der Waals surface area contributed by atoms with Gasteiger partial charge in [-0.3, -0.25) is 4.57 Å². The molecule has 4 rings (SSSR count). The summed E-state index contributed by atoms with van der Waals surface area (Å²) < 4.78 is 7.47. The molecule has 2 aromatic heterocycles. The van der Waals surface area contributed by atoms with Gasteiger partial charge in [0, 0.05) is 12.6 Å². The molecule has 0 unspecified atom stereocenters. The van der Waals surface area contributed by atoms with Crippen LogP contribution in [-0.4, -0.2) is 72.3 Å². The van der Waals surface area contributed by atoms with E-state index in [0.29, 0.717) is 22.9 Å². The van der Waals surface area contributed by atoms with Crippen molar-refractivity contribution in [3.05, 3.63) is 6.33 Å². The maximum absolute atomic E-state index is 10.6. The summed E-state index contributed by atoms with van der Waals surface area (Å²) in [6.07, 6.45) is 3.77. The van der Waals surface area contributed by atoms with Crippen molar-refractivity contribution in [2.24, 2.45) is 0 Å². The van der Waals surface area contributed by atoms with Gasteiger partial charge in [0.1, 0.15) is 24.6 Å². The first-order valence-corrected chi connectivity index (χ1v) is 10.5. The van der Waals surface area contributed by atoms with Gasteiger partial charge in [-0.2, -0.15) is 0 Å². The molecule has 160 valence electrons. The molecule has 0 bridgehead atoms. The number of nitrogens with zero attached hydrogens (tertiary/aromatic N) is 4. The predicted molar refractivity (Wildman–Crippen MR) is 108 cm³/mol. The molecule has 2 fully saturated rings. The molecule has 10 nitrogen and oxygen atoms in total. The molecular weight excluding hydrogens is 376 g/mol. The number of aromatic nitrogens is 4. The molecule has 0 amide bonds. The highest BCUT2D eigenvalue weighted by Gasteiger charge is 2.45. The van der Waals surface area contributed by atoms with Crippen LogP contribution >= 0.6 is 0 Å². The minimum atomic E-state index is -1.21. The first kappa shape index (κ1) is 20.3. The van der Waals surface area contributed by atoms with Gasteiger partial charge in [-0.15, -0.1) is 0 Å². The Bertz CT molecular complexity index is 824. The van der Waals surface area contributed by atoms with Gasteiger partial charge in [-0.25, -0.2) is 15.0 Å². The summed E-state index contributed by atoms with van der Waals surface area (Å²) in [5, 5.41) is 37.1. The molecule has 10 heteroatoms. The first-order chi connectivity index (χ1) is 14.1. The van der Waals surface area contributed by atoms with E-state index in [1.165, 1.54) is 6.33 Å². The van der Waals surface area contributed by atoms with Crippen LogP contribution in [0.25, 0.3) is 11.2 Å². The zero-order valence-electron chi connectivity index (χ0n) is 16.7. The molecular formula is C19H30N6O4. The van der Waals surface area contributed by atoms with Crippen LogP contribution in [0.1, 0.15) is 51.7 Å². The minimum Gasteiger partial charge on any atom is -0.394 e. The van der Waals surface area contributed by atoms with Gasteiger partial charge in [0.25, 0.3) is 0 Å². The number of aliphatic hydroxyl groups is 3. The Labute approximate surface area is 169 Å². The van der Waals surface area contributed by atoms with Gasteiger partial charge in [0.05, 0.1) is 6.61 Å². The van der Waals surface area contributed by atoms with Crippen molar-refractivity contribution in [1.29, 1.82) is 0 Å². The number of aliphatic hydroxyl groups excluding tert-OH is 3. The second-order valence-corrected chi connectivity index (χ2v) is 7.83. The molecule has 29 heavy (non-hydrogen) atoms. The van der Waals surface area contributed by atoms with Crippen LogP contribution in [0.2, 0.25) is 0 Å². The Morgan fingerprint density at radius 2 is 2.00 bits per heavy atom. The van der Waals surface area contributed by atoms with E-state index < -0.39 is 24.5 Å². The number of anilines is 2. The molecule has 1 aliphatic heterocycles. The Balaban J connectivity index is 1.74. The monoisotopic (exact) mass is 406 g/mol. The maximum atomic E-state index is 10.6. The summed E-state index contributed by atoms with van der Waals surface area (Å²) >= 11 is 0. The second-order valence-electron chi connectivity index (χ2n) is 7.83. The normalized spacial score (nSPS) is 27.7. The summed E-state index contributed by atoms with van der Waals surface area (Å²) in [5.74, 6) is 1.16. The third-order valence-electron chi connectivity index (χ3n) is 5.76. The van der Waals surface area contributed by atoms with Gasteiger partial charge in [0.15, 0.2) is 23.2 Å². The van der Waals surface area contributed by atoms with Gasteiger partial charge in [-0.05, 0) is 19.3 Å². The second kappa shape index (κ2) is 8.78. The van der Waals surface area contributed by atoms with Crippen LogP contribution in [0.4, 0.5) is 11.8 Å². The van der Waals surface area contributed by atoms with Crippen molar-refractivity contribution in [1.82, 2.24) is 19.5 Å². The summed E-state index contributed by atoms with van der Waals surface area (Å²) in [6.45, 7) is 2.51. The number of unbranched alkanes of at least 4 members (excludes halogenated alkanes) is 1. The third kappa shape index (κ3) is 3.89. The predicted octanol–water partition coefficient (Wildman–Crippen LogP) is 1.00.